The Morgan fingerprint density at radius 3 is 2.95 bits per heavy atom. The number of benzene rings is 1. The molecule has 0 aliphatic heterocycles. The molecule has 0 spiro atoms. The van der Waals surface area contributed by atoms with Crippen LogP contribution in [0.25, 0.3) is 0 Å². The summed E-state index contributed by atoms with van der Waals surface area (Å²) in [5.74, 6) is -1.02. The lowest BCUT2D eigenvalue weighted by Gasteiger charge is -2.06. The molecule has 0 saturated carbocycles. The Morgan fingerprint density at radius 1 is 1.58 bits per heavy atom. The van der Waals surface area contributed by atoms with E-state index in [1.165, 1.54) is 34.8 Å². The number of nitrogens with zero attached hydrogens (tertiary/aromatic N) is 2. The van der Waals surface area contributed by atoms with Crippen molar-refractivity contribution in [3.05, 3.63) is 41.5 Å². The summed E-state index contributed by atoms with van der Waals surface area (Å²) in [5, 5.41) is 12.9. The van der Waals surface area contributed by atoms with Crippen molar-refractivity contribution in [3.8, 4) is 0 Å². The molecule has 0 radical (unpaired) electrons. The minimum absolute atomic E-state index is 0.163. The van der Waals surface area contributed by atoms with E-state index in [1.807, 2.05) is 0 Å². The maximum Gasteiger partial charge on any atom is 0.339 e. The zero-order valence-corrected chi connectivity index (χ0v) is 10.9. The number of anilines is 1. The van der Waals surface area contributed by atoms with E-state index >= 15 is 0 Å². The average molecular weight is 281 g/mol. The monoisotopic (exact) mass is 281 g/mol. The van der Waals surface area contributed by atoms with Crippen molar-refractivity contribution >= 4 is 23.4 Å². The highest BCUT2D eigenvalue weighted by atomic mass is 32.2. The zero-order valence-electron chi connectivity index (χ0n) is 10.1. The molecular weight excluding hydrogens is 269 g/mol. The second kappa shape index (κ2) is 5.31. The van der Waals surface area contributed by atoms with E-state index in [9.17, 15) is 9.18 Å². The highest BCUT2D eigenvalue weighted by molar-refractivity contribution is 7.98. The first-order chi connectivity index (χ1) is 8.99. The highest BCUT2D eigenvalue weighted by Crippen LogP contribution is 2.29. The minimum Gasteiger partial charge on any atom is -0.478 e. The number of aromatic nitrogens is 2. The van der Waals surface area contributed by atoms with Crippen molar-refractivity contribution in [1.82, 2.24) is 9.78 Å². The maximum atomic E-state index is 12.9. The van der Waals surface area contributed by atoms with Gasteiger partial charge in [-0.05, 0) is 18.2 Å². The number of hydrogen-bond acceptors (Lipinski definition) is 4. The molecule has 0 aliphatic carbocycles. The molecule has 0 bridgehead atoms. The fraction of sp³-hybridized carbons (Fsp3) is 0.167. The van der Waals surface area contributed by atoms with Crippen LogP contribution in [0, 0.1) is 5.82 Å². The number of rotatable bonds is 4. The predicted octanol–water partition coefficient (Wildman–Crippen LogP) is 2.13. The van der Waals surface area contributed by atoms with Crippen molar-refractivity contribution in [1.29, 1.82) is 0 Å². The van der Waals surface area contributed by atoms with Gasteiger partial charge in [0, 0.05) is 23.4 Å². The molecule has 1 heterocycles. The van der Waals surface area contributed by atoms with Crippen LogP contribution in [0.2, 0.25) is 0 Å². The number of carboxylic acid groups (broad SMARTS) is 1. The first-order valence-electron chi connectivity index (χ1n) is 5.41. The first kappa shape index (κ1) is 13.4. The highest BCUT2D eigenvalue weighted by Gasteiger charge is 2.15. The van der Waals surface area contributed by atoms with Crippen LogP contribution in [-0.4, -0.2) is 20.9 Å². The first-order valence-corrected chi connectivity index (χ1v) is 6.39. The molecule has 0 amide bonds. The van der Waals surface area contributed by atoms with Gasteiger partial charge in [0.2, 0.25) is 0 Å². The second-order valence-electron chi connectivity index (χ2n) is 3.90. The van der Waals surface area contributed by atoms with Crippen molar-refractivity contribution < 1.29 is 14.3 Å². The van der Waals surface area contributed by atoms with Gasteiger partial charge < -0.3 is 10.8 Å². The Kier molecular flexibility index (Phi) is 3.75. The average Bonchev–Trinajstić information content (AvgIpc) is 2.70. The van der Waals surface area contributed by atoms with E-state index in [0.717, 1.165) is 0 Å². The van der Waals surface area contributed by atoms with Crippen LogP contribution in [0.15, 0.2) is 29.3 Å². The lowest BCUT2D eigenvalue weighted by molar-refractivity contribution is 0.0696. The summed E-state index contributed by atoms with van der Waals surface area (Å²) in [5.41, 5.74) is 6.78. The molecular formula is C12H12FN3O2S. The van der Waals surface area contributed by atoms with Gasteiger partial charge in [-0.15, -0.1) is 11.8 Å². The molecule has 0 unspecified atom stereocenters. The van der Waals surface area contributed by atoms with E-state index in [0.29, 0.717) is 22.0 Å². The van der Waals surface area contributed by atoms with Crippen LogP contribution < -0.4 is 5.73 Å². The molecule has 2 rings (SSSR count). The summed E-state index contributed by atoms with van der Waals surface area (Å²) >= 11 is 1.34. The molecule has 5 nitrogen and oxygen atoms in total. The molecule has 19 heavy (non-hydrogen) atoms. The Hall–Kier alpha value is -2.02. The van der Waals surface area contributed by atoms with Crippen LogP contribution in [-0.2, 0) is 12.8 Å². The largest absolute Gasteiger partial charge is 0.478 e. The number of aryl methyl sites for hydroxylation is 1. The van der Waals surface area contributed by atoms with Gasteiger partial charge in [0.1, 0.15) is 11.4 Å². The number of thioether (sulfide) groups is 1. The Balaban J connectivity index is 2.19. The van der Waals surface area contributed by atoms with Gasteiger partial charge in [-0.25, -0.2) is 9.18 Å². The molecule has 1 aromatic carbocycles. The van der Waals surface area contributed by atoms with Crippen molar-refractivity contribution in [2.24, 2.45) is 7.05 Å². The molecule has 0 saturated heterocycles. The van der Waals surface area contributed by atoms with Gasteiger partial charge >= 0.3 is 5.97 Å². The molecule has 100 valence electrons. The van der Waals surface area contributed by atoms with Crippen molar-refractivity contribution in [2.75, 3.05) is 5.73 Å². The van der Waals surface area contributed by atoms with E-state index in [1.54, 1.807) is 13.1 Å². The van der Waals surface area contributed by atoms with Gasteiger partial charge in [-0.1, -0.05) is 0 Å². The van der Waals surface area contributed by atoms with Crippen LogP contribution in [0.1, 0.15) is 16.1 Å². The Bertz CT molecular complexity index is 627. The summed E-state index contributed by atoms with van der Waals surface area (Å²) in [6, 6.07) is 4.13. The lowest BCUT2D eigenvalue weighted by Crippen LogP contribution is -2.03. The summed E-state index contributed by atoms with van der Waals surface area (Å²) in [6.45, 7) is 0. The van der Waals surface area contributed by atoms with E-state index < -0.39 is 11.8 Å². The van der Waals surface area contributed by atoms with Crippen molar-refractivity contribution in [2.45, 2.75) is 10.6 Å². The normalized spacial score (nSPS) is 10.6. The van der Waals surface area contributed by atoms with Crippen LogP contribution >= 0.6 is 11.8 Å². The smallest absolute Gasteiger partial charge is 0.339 e. The summed E-state index contributed by atoms with van der Waals surface area (Å²) in [7, 11) is 1.68. The molecule has 3 N–H and O–H groups in total. The second-order valence-corrected chi connectivity index (χ2v) is 4.92. The van der Waals surface area contributed by atoms with Gasteiger partial charge in [0.05, 0.1) is 11.9 Å². The summed E-state index contributed by atoms with van der Waals surface area (Å²) < 4.78 is 14.4. The number of hydrogen-bond donors (Lipinski definition) is 2. The molecule has 7 heteroatoms. The summed E-state index contributed by atoms with van der Waals surface area (Å²) in [6.07, 6.45) is 1.31. The zero-order chi connectivity index (χ0) is 14.0. The summed E-state index contributed by atoms with van der Waals surface area (Å²) in [4.78, 5) is 11.7. The third-order valence-corrected chi connectivity index (χ3v) is 3.73. The van der Waals surface area contributed by atoms with Gasteiger partial charge in [-0.3, -0.25) is 4.68 Å². The number of nitrogens with two attached hydrogens (primary N) is 1. The van der Waals surface area contributed by atoms with Gasteiger partial charge in [0.15, 0.2) is 0 Å². The predicted molar refractivity (Wildman–Crippen MR) is 70.5 cm³/mol. The standard InChI is InChI=1S/C12H12FN3O2S/c1-16-10(8(5-15-16)12(17)18)6-19-11-3-2-7(13)4-9(11)14/h2-5H,6,14H2,1H3,(H,17,18). The minimum atomic E-state index is -1.02. The quantitative estimate of drug-likeness (QED) is 0.663. The van der Waals surface area contributed by atoms with Crippen molar-refractivity contribution in [3.63, 3.8) is 0 Å². The molecule has 1 aromatic heterocycles. The molecule has 0 atom stereocenters. The Morgan fingerprint density at radius 2 is 2.32 bits per heavy atom. The molecule has 0 aliphatic rings. The van der Waals surface area contributed by atoms with E-state index in [2.05, 4.69) is 5.10 Å². The third-order valence-electron chi connectivity index (χ3n) is 2.63. The fourth-order valence-electron chi connectivity index (χ4n) is 1.61. The fourth-order valence-corrected chi connectivity index (χ4v) is 2.63. The van der Waals surface area contributed by atoms with E-state index in [-0.39, 0.29) is 5.56 Å². The van der Waals surface area contributed by atoms with Gasteiger partial charge in [0.25, 0.3) is 0 Å². The Labute approximate surface area is 113 Å². The SMILES string of the molecule is Cn1ncc(C(=O)O)c1CSc1ccc(F)cc1N. The number of carboxylic acids is 1. The maximum absolute atomic E-state index is 12.9. The van der Waals surface area contributed by atoms with Crippen LogP contribution in [0.5, 0.6) is 0 Å². The lowest BCUT2D eigenvalue weighted by atomic mass is 10.3. The van der Waals surface area contributed by atoms with Crippen LogP contribution in [0.3, 0.4) is 0 Å². The molecule has 0 fully saturated rings. The van der Waals surface area contributed by atoms with Crippen LogP contribution in [0.4, 0.5) is 10.1 Å². The molecule has 2 aromatic rings. The third kappa shape index (κ3) is 2.87. The van der Waals surface area contributed by atoms with Gasteiger partial charge in [-0.2, -0.15) is 5.10 Å². The number of halogens is 1. The number of carbonyl (C=O) groups is 1. The number of aromatic carboxylic acids is 1. The topological polar surface area (TPSA) is 81.1 Å². The van der Waals surface area contributed by atoms with E-state index in [4.69, 9.17) is 10.8 Å². The number of nitrogen functional groups attached to an aromatic ring is 1.